The SMILES string of the molecule is Cc1noc(NC(C)c2ccc(Cl)cc2)n1. The fourth-order valence-corrected chi connectivity index (χ4v) is 1.50. The summed E-state index contributed by atoms with van der Waals surface area (Å²) in [6.45, 7) is 3.80. The second-order valence-corrected chi connectivity index (χ2v) is 4.00. The molecule has 1 aromatic heterocycles. The predicted octanol–water partition coefficient (Wildman–Crippen LogP) is 3.20. The van der Waals surface area contributed by atoms with Crippen LogP contribution >= 0.6 is 11.6 Å². The van der Waals surface area contributed by atoms with E-state index in [0.717, 1.165) is 10.6 Å². The minimum absolute atomic E-state index is 0.0946. The van der Waals surface area contributed by atoms with Crippen molar-refractivity contribution in [3.8, 4) is 0 Å². The molecule has 5 heteroatoms. The lowest BCUT2D eigenvalue weighted by Gasteiger charge is -2.11. The van der Waals surface area contributed by atoms with Crippen LogP contribution in [0.4, 0.5) is 6.01 Å². The molecule has 0 bridgehead atoms. The van der Waals surface area contributed by atoms with Crippen LogP contribution in [0.25, 0.3) is 0 Å². The van der Waals surface area contributed by atoms with E-state index < -0.39 is 0 Å². The van der Waals surface area contributed by atoms with Crippen molar-refractivity contribution in [2.75, 3.05) is 5.32 Å². The van der Waals surface area contributed by atoms with Crippen molar-refractivity contribution >= 4 is 17.6 Å². The highest BCUT2D eigenvalue weighted by Crippen LogP contribution is 2.19. The molecule has 0 aliphatic carbocycles. The molecule has 16 heavy (non-hydrogen) atoms. The van der Waals surface area contributed by atoms with Crippen molar-refractivity contribution in [3.05, 3.63) is 40.7 Å². The Bertz CT molecular complexity index is 466. The van der Waals surface area contributed by atoms with Gasteiger partial charge in [-0.3, -0.25) is 0 Å². The molecule has 4 nitrogen and oxygen atoms in total. The van der Waals surface area contributed by atoms with Crippen LogP contribution in [0.15, 0.2) is 28.8 Å². The molecule has 0 aliphatic heterocycles. The van der Waals surface area contributed by atoms with Crippen molar-refractivity contribution in [2.45, 2.75) is 19.9 Å². The Labute approximate surface area is 98.6 Å². The molecule has 2 rings (SSSR count). The number of aromatic nitrogens is 2. The minimum Gasteiger partial charge on any atom is -0.331 e. The highest BCUT2D eigenvalue weighted by Gasteiger charge is 2.09. The van der Waals surface area contributed by atoms with Crippen LogP contribution in [0, 0.1) is 6.92 Å². The Balaban J connectivity index is 2.08. The van der Waals surface area contributed by atoms with Gasteiger partial charge in [0.1, 0.15) is 0 Å². The summed E-state index contributed by atoms with van der Waals surface area (Å²) in [6.07, 6.45) is 0. The first-order chi connectivity index (χ1) is 7.65. The number of benzene rings is 1. The fourth-order valence-electron chi connectivity index (χ4n) is 1.38. The summed E-state index contributed by atoms with van der Waals surface area (Å²) in [5.41, 5.74) is 1.11. The Morgan fingerprint density at radius 2 is 2.00 bits per heavy atom. The topological polar surface area (TPSA) is 51.0 Å². The van der Waals surface area contributed by atoms with Gasteiger partial charge in [-0.05, 0) is 31.5 Å². The molecular weight excluding hydrogens is 226 g/mol. The van der Waals surface area contributed by atoms with Crippen molar-refractivity contribution in [1.82, 2.24) is 10.1 Å². The normalized spacial score (nSPS) is 12.4. The number of aryl methyl sites for hydroxylation is 1. The van der Waals surface area contributed by atoms with Gasteiger partial charge in [-0.15, -0.1) is 0 Å². The maximum Gasteiger partial charge on any atom is 0.321 e. The van der Waals surface area contributed by atoms with Gasteiger partial charge in [-0.2, -0.15) is 4.98 Å². The van der Waals surface area contributed by atoms with Crippen LogP contribution in [-0.4, -0.2) is 10.1 Å². The molecule has 0 fully saturated rings. The summed E-state index contributed by atoms with van der Waals surface area (Å²) in [5.74, 6) is 0.616. The molecular formula is C11H12ClN3O. The number of halogens is 1. The van der Waals surface area contributed by atoms with Gasteiger partial charge in [0.05, 0.1) is 6.04 Å². The quantitative estimate of drug-likeness (QED) is 0.891. The van der Waals surface area contributed by atoms with Crippen LogP contribution in [0.2, 0.25) is 5.02 Å². The molecule has 2 aromatic rings. The van der Waals surface area contributed by atoms with Crippen LogP contribution in [0.3, 0.4) is 0 Å². The lowest BCUT2D eigenvalue weighted by atomic mass is 10.1. The third-order valence-corrected chi connectivity index (χ3v) is 2.49. The number of hydrogen-bond acceptors (Lipinski definition) is 4. The van der Waals surface area contributed by atoms with Gasteiger partial charge in [-0.25, -0.2) is 0 Å². The number of anilines is 1. The van der Waals surface area contributed by atoms with E-state index in [1.165, 1.54) is 0 Å². The molecule has 1 unspecified atom stereocenters. The summed E-state index contributed by atoms with van der Waals surface area (Å²) in [6, 6.07) is 8.16. The zero-order chi connectivity index (χ0) is 11.5. The van der Waals surface area contributed by atoms with Crippen LogP contribution in [0.5, 0.6) is 0 Å². The Kier molecular flexibility index (Phi) is 3.10. The fraction of sp³-hybridized carbons (Fsp3) is 0.273. The van der Waals surface area contributed by atoms with E-state index in [1.54, 1.807) is 6.92 Å². The predicted molar refractivity (Wildman–Crippen MR) is 62.5 cm³/mol. The minimum atomic E-state index is 0.0946. The highest BCUT2D eigenvalue weighted by molar-refractivity contribution is 6.30. The van der Waals surface area contributed by atoms with E-state index in [0.29, 0.717) is 11.8 Å². The Morgan fingerprint density at radius 3 is 2.56 bits per heavy atom. The van der Waals surface area contributed by atoms with E-state index >= 15 is 0 Å². The number of nitrogens with one attached hydrogen (secondary N) is 1. The lowest BCUT2D eigenvalue weighted by Crippen LogP contribution is -2.06. The molecule has 1 heterocycles. The zero-order valence-corrected chi connectivity index (χ0v) is 9.82. The van der Waals surface area contributed by atoms with Crippen molar-refractivity contribution in [1.29, 1.82) is 0 Å². The molecule has 1 atom stereocenters. The van der Waals surface area contributed by atoms with Crippen molar-refractivity contribution in [3.63, 3.8) is 0 Å². The maximum atomic E-state index is 5.82. The van der Waals surface area contributed by atoms with E-state index in [1.807, 2.05) is 31.2 Å². The molecule has 0 saturated heterocycles. The second-order valence-electron chi connectivity index (χ2n) is 3.56. The smallest absolute Gasteiger partial charge is 0.321 e. The van der Waals surface area contributed by atoms with E-state index in [4.69, 9.17) is 16.1 Å². The molecule has 1 aromatic carbocycles. The zero-order valence-electron chi connectivity index (χ0n) is 9.07. The van der Waals surface area contributed by atoms with Crippen LogP contribution < -0.4 is 5.32 Å². The molecule has 0 saturated carbocycles. The number of nitrogens with zero attached hydrogens (tertiary/aromatic N) is 2. The van der Waals surface area contributed by atoms with Crippen LogP contribution in [-0.2, 0) is 0 Å². The Hall–Kier alpha value is -1.55. The molecule has 1 N–H and O–H groups in total. The third kappa shape index (κ3) is 2.52. The van der Waals surface area contributed by atoms with E-state index in [-0.39, 0.29) is 6.04 Å². The average Bonchev–Trinajstić information content (AvgIpc) is 2.65. The van der Waals surface area contributed by atoms with Gasteiger partial charge in [0.25, 0.3) is 0 Å². The summed E-state index contributed by atoms with van der Waals surface area (Å²) in [7, 11) is 0. The van der Waals surface area contributed by atoms with Gasteiger partial charge in [0.2, 0.25) is 0 Å². The molecule has 0 amide bonds. The molecule has 84 valence electrons. The first kappa shape index (κ1) is 11.0. The van der Waals surface area contributed by atoms with Crippen molar-refractivity contribution < 1.29 is 4.52 Å². The van der Waals surface area contributed by atoms with E-state index in [2.05, 4.69) is 15.5 Å². The largest absolute Gasteiger partial charge is 0.331 e. The molecule has 0 radical (unpaired) electrons. The maximum absolute atomic E-state index is 5.82. The summed E-state index contributed by atoms with van der Waals surface area (Å²) < 4.78 is 4.98. The lowest BCUT2D eigenvalue weighted by molar-refractivity contribution is 0.422. The molecule has 0 spiro atoms. The van der Waals surface area contributed by atoms with Crippen molar-refractivity contribution in [2.24, 2.45) is 0 Å². The highest BCUT2D eigenvalue weighted by atomic mass is 35.5. The second kappa shape index (κ2) is 4.53. The first-order valence-electron chi connectivity index (χ1n) is 4.97. The van der Waals surface area contributed by atoms with Gasteiger partial charge >= 0.3 is 6.01 Å². The monoisotopic (exact) mass is 237 g/mol. The van der Waals surface area contributed by atoms with Gasteiger partial charge in [0, 0.05) is 5.02 Å². The molecule has 0 aliphatic rings. The Morgan fingerprint density at radius 1 is 1.31 bits per heavy atom. The summed E-state index contributed by atoms with van der Waals surface area (Å²) in [4.78, 5) is 4.08. The average molecular weight is 238 g/mol. The van der Waals surface area contributed by atoms with Gasteiger partial charge in [0.15, 0.2) is 5.82 Å². The third-order valence-electron chi connectivity index (χ3n) is 2.24. The number of rotatable bonds is 3. The standard InChI is InChI=1S/C11H12ClN3O/c1-7(9-3-5-10(12)6-4-9)13-11-14-8(2)15-16-11/h3-7H,1-2H3,(H,13,14,15). The summed E-state index contributed by atoms with van der Waals surface area (Å²) >= 11 is 5.82. The van der Waals surface area contributed by atoms with Gasteiger partial charge < -0.3 is 9.84 Å². The summed E-state index contributed by atoms with van der Waals surface area (Å²) in [5, 5.41) is 7.55. The van der Waals surface area contributed by atoms with Crippen LogP contribution in [0.1, 0.15) is 24.4 Å². The van der Waals surface area contributed by atoms with Gasteiger partial charge in [-0.1, -0.05) is 28.9 Å². The first-order valence-corrected chi connectivity index (χ1v) is 5.35. The van der Waals surface area contributed by atoms with E-state index in [9.17, 15) is 0 Å². The number of hydrogen-bond donors (Lipinski definition) is 1.